The van der Waals surface area contributed by atoms with E-state index in [1.807, 2.05) is 24.4 Å². The molecule has 1 aromatic rings. The van der Waals surface area contributed by atoms with Gasteiger partial charge in [-0.25, -0.2) is 0 Å². The number of piperazine rings is 1. The van der Waals surface area contributed by atoms with E-state index in [0.717, 1.165) is 18.0 Å². The summed E-state index contributed by atoms with van der Waals surface area (Å²) in [4.78, 5) is 28.6. The van der Waals surface area contributed by atoms with Crippen LogP contribution in [0.15, 0.2) is 17.5 Å². The molecule has 19 heavy (non-hydrogen) atoms. The molecule has 2 amide bonds. The molecule has 1 saturated heterocycles. The maximum absolute atomic E-state index is 12.2. The van der Waals surface area contributed by atoms with Crippen LogP contribution in [0.3, 0.4) is 0 Å². The van der Waals surface area contributed by atoms with E-state index in [2.05, 4.69) is 5.32 Å². The Kier molecular flexibility index (Phi) is 4.55. The minimum atomic E-state index is -0.428. The van der Waals surface area contributed by atoms with Crippen molar-refractivity contribution in [1.82, 2.24) is 15.1 Å². The number of nitrogens with one attached hydrogen (secondary N) is 1. The van der Waals surface area contributed by atoms with Crippen LogP contribution < -0.4 is 5.32 Å². The maximum atomic E-state index is 12.2. The minimum Gasteiger partial charge on any atom is -0.332 e. The lowest BCUT2D eigenvalue weighted by molar-refractivity contribution is -0.152. The Labute approximate surface area is 117 Å². The molecule has 0 radical (unpaired) electrons. The standard InChI is InChI=1S/C13H19N3O2S/c1-10(11-4-3-9-19-11)15(2)12(17)13(18)16-7-5-14-6-8-16/h3-4,9-10,14H,5-8H2,1-2H3. The van der Waals surface area contributed by atoms with E-state index in [0.29, 0.717) is 13.1 Å². The predicted molar refractivity (Wildman–Crippen MR) is 75.0 cm³/mol. The van der Waals surface area contributed by atoms with Gasteiger partial charge in [0.25, 0.3) is 0 Å². The van der Waals surface area contributed by atoms with E-state index >= 15 is 0 Å². The summed E-state index contributed by atoms with van der Waals surface area (Å²) in [5.74, 6) is -0.824. The van der Waals surface area contributed by atoms with Crippen LogP contribution in [-0.4, -0.2) is 54.8 Å². The average molecular weight is 281 g/mol. The van der Waals surface area contributed by atoms with Crippen LogP contribution in [0.1, 0.15) is 17.8 Å². The molecule has 0 aromatic carbocycles. The molecular weight excluding hydrogens is 262 g/mol. The Morgan fingerprint density at radius 1 is 1.42 bits per heavy atom. The lowest BCUT2D eigenvalue weighted by Crippen LogP contribution is -2.51. The molecule has 2 heterocycles. The molecule has 0 spiro atoms. The smallest absolute Gasteiger partial charge is 0.312 e. The fourth-order valence-corrected chi connectivity index (χ4v) is 2.88. The van der Waals surface area contributed by atoms with Gasteiger partial charge in [-0.3, -0.25) is 9.59 Å². The van der Waals surface area contributed by atoms with Crippen LogP contribution in [0, 0.1) is 0 Å². The van der Waals surface area contributed by atoms with E-state index in [4.69, 9.17) is 0 Å². The van der Waals surface area contributed by atoms with Gasteiger partial charge in [-0.2, -0.15) is 0 Å². The largest absolute Gasteiger partial charge is 0.332 e. The second-order valence-corrected chi connectivity index (χ2v) is 5.63. The third-order valence-corrected chi connectivity index (χ3v) is 4.49. The van der Waals surface area contributed by atoms with E-state index < -0.39 is 11.8 Å². The number of likely N-dealkylation sites (N-methyl/N-ethyl adjacent to an activating group) is 1. The molecule has 1 fully saturated rings. The van der Waals surface area contributed by atoms with Crippen LogP contribution in [0.4, 0.5) is 0 Å². The van der Waals surface area contributed by atoms with Crippen molar-refractivity contribution >= 4 is 23.2 Å². The summed E-state index contributed by atoms with van der Waals surface area (Å²) in [5, 5.41) is 5.14. The van der Waals surface area contributed by atoms with Crippen LogP contribution in [-0.2, 0) is 9.59 Å². The molecule has 104 valence electrons. The summed E-state index contributed by atoms with van der Waals surface area (Å²) in [6, 6.07) is 3.86. The molecule has 0 aliphatic carbocycles. The summed E-state index contributed by atoms with van der Waals surface area (Å²) in [7, 11) is 1.69. The number of carbonyl (C=O) groups is 2. The third-order valence-electron chi connectivity index (χ3n) is 3.44. The third kappa shape index (κ3) is 3.13. The summed E-state index contributed by atoms with van der Waals surface area (Å²) < 4.78 is 0. The molecule has 1 aromatic heterocycles. The lowest BCUT2D eigenvalue weighted by atomic mass is 10.2. The van der Waals surface area contributed by atoms with Crippen molar-refractivity contribution in [2.75, 3.05) is 33.2 Å². The fraction of sp³-hybridized carbons (Fsp3) is 0.538. The molecule has 1 unspecified atom stereocenters. The Hall–Kier alpha value is -1.40. The van der Waals surface area contributed by atoms with E-state index in [9.17, 15) is 9.59 Å². The number of carbonyl (C=O) groups excluding carboxylic acids is 2. The predicted octanol–water partition coefficient (Wildman–Crippen LogP) is 0.699. The van der Waals surface area contributed by atoms with Gasteiger partial charge in [-0.05, 0) is 18.4 Å². The van der Waals surface area contributed by atoms with E-state index in [1.165, 1.54) is 4.90 Å². The molecule has 0 bridgehead atoms. The molecule has 5 nitrogen and oxygen atoms in total. The van der Waals surface area contributed by atoms with Crippen molar-refractivity contribution < 1.29 is 9.59 Å². The van der Waals surface area contributed by atoms with Gasteiger partial charge in [0, 0.05) is 38.1 Å². The highest BCUT2D eigenvalue weighted by atomic mass is 32.1. The SMILES string of the molecule is CC(c1cccs1)N(C)C(=O)C(=O)N1CCNCC1. The van der Waals surface area contributed by atoms with Crippen molar-refractivity contribution in [3.8, 4) is 0 Å². The maximum Gasteiger partial charge on any atom is 0.312 e. The highest BCUT2D eigenvalue weighted by molar-refractivity contribution is 7.10. The topological polar surface area (TPSA) is 52.7 Å². The number of rotatable bonds is 2. The van der Waals surface area contributed by atoms with Gasteiger partial charge >= 0.3 is 11.8 Å². The number of hydrogen-bond donors (Lipinski definition) is 1. The van der Waals surface area contributed by atoms with Crippen LogP contribution in [0.25, 0.3) is 0 Å². The molecule has 6 heteroatoms. The van der Waals surface area contributed by atoms with Gasteiger partial charge in [0.1, 0.15) is 0 Å². The van der Waals surface area contributed by atoms with Gasteiger partial charge in [0.15, 0.2) is 0 Å². The Morgan fingerprint density at radius 2 is 2.11 bits per heavy atom. The molecule has 0 saturated carbocycles. The molecule has 1 aliphatic heterocycles. The zero-order chi connectivity index (χ0) is 13.8. The Balaban J connectivity index is 2.00. The van der Waals surface area contributed by atoms with E-state index in [-0.39, 0.29) is 6.04 Å². The van der Waals surface area contributed by atoms with Gasteiger partial charge in [-0.15, -0.1) is 11.3 Å². The second kappa shape index (κ2) is 6.16. The first kappa shape index (κ1) is 14.0. The highest BCUT2D eigenvalue weighted by Gasteiger charge is 2.28. The quantitative estimate of drug-likeness (QED) is 0.812. The van der Waals surface area contributed by atoms with Gasteiger partial charge in [0.05, 0.1) is 6.04 Å². The van der Waals surface area contributed by atoms with Crippen molar-refractivity contribution in [3.63, 3.8) is 0 Å². The first-order valence-corrected chi connectivity index (χ1v) is 7.29. The Bertz CT molecular complexity index is 441. The van der Waals surface area contributed by atoms with Crippen molar-refractivity contribution in [1.29, 1.82) is 0 Å². The average Bonchev–Trinajstić information content (AvgIpc) is 2.99. The van der Waals surface area contributed by atoms with Gasteiger partial charge in [0.2, 0.25) is 0 Å². The van der Waals surface area contributed by atoms with Crippen molar-refractivity contribution in [2.45, 2.75) is 13.0 Å². The summed E-state index contributed by atoms with van der Waals surface area (Å²) in [6.07, 6.45) is 0. The molecular formula is C13H19N3O2S. The summed E-state index contributed by atoms with van der Waals surface area (Å²) >= 11 is 1.60. The number of thiophene rings is 1. The number of amides is 2. The van der Waals surface area contributed by atoms with Gasteiger partial charge < -0.3 is 15.1 Å². The minimum absolute atomic E-state index is 0.0700. The zero-order valence-corrected chi connectivity index (χ0v) is 12.1. The fourth-order valence-electron chi connectivity index (χ4n) is 2.05. The number of hydrogen-bond acceptors (Lipinski definition) is 4. The monoisotopic (exact) mass is 281 g/mol. The Morgan fingerprint density at radius 3 is 2.68 bits per heavy atom. The van der Waals surface area contributed by atoms with Gasteiger partial charge in [-0.1, -0.05) is 6.07 Å². The molecule has 1 aliphatic rings. The first-order valence-electron chi connectivity index (χ1n) is 6.41. The summed E-state index contributed by atoms with van der Waals surface area (Å²) in [6.45, 7) is 4.65. The van der Waals surface area contributed by atoms with Crippen molar-refractivity contribution in [3.05, 3.63) is 22.4 Å². The van der Waals surface area contributed by atoms with E-state index in [1.54, 1.807) is 23.3 Å². The molecule has 1 N–H and O–H groups in total. The zero-order valence-electron chi connectivity index (χ0n) is 11.3. The molecule has 1 atom stereocenters. The molecule has 2 rings (SSSR count). The number of nitrogens with zero attached hydrogens (tertiary/aromatic N) is 2. The lowest BCUT2D eigenvalue weighted by Gasteiger charge is -2.30. The van der Waals surface area contributed by atoms with Crippen LogP contribution in [0.2, 0.25) is 0 Å². The highest BCUT2D eigenvalue weighted by Crippen LogP contribution is 2.23. The van der Waals surface area contributed by atoms with Crippen LogP contribution >= 0.6 is 11.3 Å². The van der Waals surface area contributed by atoms with Crippen LogP contribution in [0.5, 0.6) is 0 Å². The second-order valence-electron chi connectivity index (χ2n) is 4.65. The summed E-state index contributed by atoms with van der Waals surface area (Å²) in [5.41, 5.74) is 0. The first-order chi connectivity index (χ1) is 9.11. The van der Waals surface area contributed by atoms with Crippen molar-refractivity contribution in [2.24, 2.45) is 0 Å². The normalized spacial score (nSPS) is 17.1.